The van der Waals surface area contributed by atoms with E-state index in [1.165, 1.54) is 12.1 Å². The van der Waals surface area contributed by atoms with Crippen molar-refractivity contribution in [2.75, 3.05) is 19.7 Å². The zero-order valence-corrected chi connectivity index (χ0v) is 17.3. The van der Waals surface area contributed by atoms with Crippen LogP contribution in [-0.2, 0) is 9.59 Å². The van der Waals surface area contributed by atoms with Crippen LogP contribution in [0.1, 0.15) is 25.7 Å². The van der Waals surface area contributed by atoms with E-state index in [-0.39, 0.29) is 53.6 Å². The number of ether oxygens (including phenoxy) is 1. The van der Waals surface area contributed by atoms with Crippen molar-refractivity contribution in [1.29, 1.82) is 0 Å². The van der Waals surface area contributed by atoms with Gasteiger partial charge in [0.25, 0.3) is 5.91 Å². The Morgan fingerprint density at radius 2 is 1.83 bits per heavy atom. The molecule has 9 heteroatoms. The summed E-state index contributed by atoms with van der Waals surface area (Å²) in [7, 11) is 0. The van der Waals surface area contributed by atoms with Crippen molar-refractivity contribution in [1.82, 2.24) is 16.0 Å². The van der Waals surface area contributed by atoms with Gasteiger partial charge >= 0.3 is 0 Å². The molecule has 3 aliphatic carbocycles. The van der Waals surface area contributed by atoms with Gasteiger partial charge < -0.3 is 20.7 Å². The van der Waals surface area contributed by atoms with Gasteiger partial charge in [0.15, 0.2) is 6.61 Å². The lowest BCUT2D eigenvalue weighted by atomic mass is 9.60. The van der Waals surface area contributed by atoms with Crippen LogP contribution >= 0.6 is 11.6 Å². The number of halogens is 3. The van der Waals surface area contributed by atoms with Gasteiger partial charge in [0, 0.05) is 31.2 Å². The number of carbonyl (C=O) groups is 2. The second-order valence-corrected chi connectivity index (χ2v) is 8.98. The van der Waals surface area contributed by atoms with Gasteiger partial charge in [-0.3, -0.25) is 9.59 Å². The van der Waals surface area contributed by atoms with Crippen LogP contribution in [0.15, 0.2) is 18.2 Å². The number of piperidine rings is 1. The largest absolute Gasteiger partial charge is 0.484 e. The van der Waals surface area contributed by atoms with E-state index in [1.54, 1.807) is 0 Å². The van der Waals surface area contributed by atoms with Crippen LogP contribution in [0, 0.1) is 23.6 Å². The molecule has 6 nitrogen and oxygen atoms in total. The van der Waals surface area contributed by atoms with Crippen molar-refractivity contribution >= 4 is 23.4 Å². The fourth-order valence-electron chi connectivity index (χ4n) is 4.73. The van der Waals surface area contributed by atoms with E-state index in [4.69, 9.17) is 16.3 Å². The van der Waals surface area contributed by atoms with Crippen molar-refractivity contribution in [2.24, 2.45) is 17.8 Å². The minimum Gasteiger partial charge on any atom is -0.484 e. The molecule has 1 saturated heterocycles. The minimum absolute atomic E-state index is 0.00678. The number of nitrogens with one attached hydrogen (secondary N) is 3. The molecule has 2 bridgehead atoms. The van der Waals surface area contributed by atoms with Crippen LogP contribution in [0.25, 0.3) is 0 Å². The highest BCUT2D eigenvalue weighted by Gasteiger charge is 2.47. The van der Waals surface area contributed by atoms with Gasteiger partial charge in [-0.05, 0) is 49.7 Å². The van der Waals surface area contributed by atoms with Crippen molar-refractivity contribution in [3.05, 3.63) is 29.0 Å². The average Bonchev–Trinajstić information content (AvgIpc) is 2.68. The molecule has 5 rings (SSSR count). The van der Waals surface area contributed by atoms with E-state index in [9.17, 15) is 18.4 Å². The van der Waals surface area contributed by atoms with Crippen LogP contribution < -0.4 is 20.7 Å². The molecular weight excluding hydrogens is 416 g/mol. The van der Waals surface area contributed by atoms with Crippen molar-refractivity contribution in [3.8, 4) is 5.75 Å². The first-order valence-corrected chi connectivity index (χ1v) is 10.8. The summed E-state index contributed by atoms with van der Waals surface area (Å²) >= 11 is 5.64. The zero-order chi connectivity index (χ0) is 21.3. The molecule has 1 aromatic rings. The smallest absolute Gasteiger partial charge is 0.258 e. The second-order valence-electron chi connectivity index (χ2n) is 8.57. The summed E-state index contributed by atoms with van der Waals surface area (Å²) in [4.78, 5) is 24.9. The molecule has 0 aromatic heterocycles. The van der Waals surface area contributed by atoms with E-state index in [1.807, 2.05) is 0 Å². The van der Waals surface area contributed by atoms with Crippen molar-refractivity contribution in [2.45, 2.75) is 43.9 Å². The highest BCUT2D eigenvalue weighted by Crippen LogP contribution is 2.45. The highest BCUT2D eigenvalue weighted by atomic mass is 35.5. The summed E-state index contributed by atoms with van der Waals surface area (Å²) in [5.74, 6) is -0.316. The number of rotatable bonds is 6. The summed E-state index contributed by atoms with van der Waals surface area (Å²) in [5.41, 5.74) is 0. The summed E-state index contributed by atoms with van der Waals surface area (Å²) in [6.07, 6.45) is 1.82. The number of hydrogen-bond acceptors (Lipinski definition) is 4. The first kappa shape index (κ1) is 21.3. The molecule has 3 N–H and O–H groups in total. The van der Waals surface area contributed by atoms with E-state index in [0.29, 0.717) is 31.3 Å². The topological polar surface area (TPSA) is 79.5 Å². The molecule has 164 valence electrons. The lowest BCUT2D eigenvalue weighted by Gasteiger charge is -2.51. The fourth-order valence-corrected chi connectivity index (χ4v) is 4.85. The van der Waals surface area contributed by atoms with Crippen LogP contribution in [0.5, 0.6) is 5.75 Å². The van der Waals surface area contributed by atoms with E-state index in [0.717, 1.165) is 18.9 Å². The minimum atomic E-state index is -0.991. The molecule has 4 fully saturated rings. The van der Waals surface area contributed by atoms with Gasteiger partial charge in [-0.1, -0.05) is 11.6 Å². The third kappa shape index (κ3) is 4.86. The van der Waals surface area contributed by atoms with Gasteiger partial charge in [-0.25, -0.2) is 8.78 Å². The first-order chi connectivity index (χ1) is 14.4. The molecule has 3 saturated carbocycles. The predicted molar refractivity (Wildman–Crippen MR) is 107 cm³/mol. The number of fused-ring (bicyclic) bond motifs is 2. The number of alkyl halides is 1. The number of carbonyl (C=O) groups excluding carboxylic acids is 2. The molecular formula is C21H26ClF2N3O3. The Hall–Kier alpha value is -1.93. The molecule has 4 atom stereocenters. The Morgan fingerprint density at radius 3 is 2.53 bits per heavy atom. The monoisotopic (exact) mass is 441 g/mol. The standard InChI is InChI=1S/C21H26ClF2N3O3/c22-16-2-1-15(6-17(16)24)30-10-20(28)26-18-7-19(12-3-11(18)4-12)27-21(29)13-5-14(23)9-25-8-13/h1-2,6,11-14,18-19,25H,3-5,7-10H2,(H,26,28)(H,27,29). The average molecular weight is 442 g/mol. The molecule has 2 amide bonds. The Kier molecular flexibility index (Phi) is 6.43. The van der Waals surface area contributed by atoms with Crippen LogP contribution in [0.2, 0.25) is 5.02 Å². The lowest BCUT2D eigenvalue weighted by molar-refractivity contribution is -0.129. The SMILES string of the molecule is O=C(COc1ccc(Cl)c(F)c1)NC1CC(NC(=O)C2CNCC(F)C2)C2CC1C2. The molecule has 4 aliphatic rings. The maximum atomic E-state index is 13.6. The van der Waals surface area contributed by atoms with Gasteiger partial charge in [0.2, 0.25) is 5.91 Å². The van der Waals surface area contributed by atoms with Gasteiger partial charge in [-0.15, -0.1) is 0 Å². The van der Waals surface area contributed by atoms with Gasteiger partial charge in [0.1, 0.15) is 17.7 Å². The second kappa shape index (κ2) is 9.06. The number of amides is 2. The van der Waals surface area contributed by atoms with E-state index in [2.05, 4.69) is 16.0 Å². The number of hydrogen-bond donors (Lipinski definition) is 3. The predicted octanol–water partition coefficient (Wildman–Crippen LogP) is 2.20. The van der Waals surface area contributed by atoms with Crippen LogP contribution in [-0.4, -0.2) is 49.8 Å². The first-order valence-electron chi connectivity index (χ1n) is 10.4. The molecule has 1 aliphatic heterocycles. The molecule has 0 radical (unpaired) electrons. The maximum absolute atomic E-state index is 13.6. The Balaban J connectivity index is 1.26. The normalized spacial score (nSPS) is 32.6. The Bertz CT molecular complexity index is 806. The zero-order valence-electron chi connectivity index (χ0n) is 16.5. The molecule has 0 spiro atoms. The van der Waals surface area contributed by atoms with E-state index >= 15 is 0 Å². The summed E-state index contributed by atoms with van der Waals surface area (Å²) < 4.78 is 32.4. The molecule has 4 unspecified atom stereocenters. The van der Waals surface area contributed by atoms with Crippen LogP contribution in [0.3, 0.4) is 0 Å². The van der Waals surface area contributed by atoms with Crippen molar-refractivity contribution < 1.29 is 23.1 Å². The quantitative estimate of drug-likeness (QED) is 0.632. The Labute approximate surface area is 179 Å². The van der Waals surface area contributed by atoms with Gasteiger partial charge in [0.05, 0.1) is 10.9 Å². The third-order valence-corrected chi connectivity index (χ3v) is 6.77. The molecule has 1 aromatic carbocycles. The lowest BCUT2D eigenvalue weighted by Crippen LogP contribution is -2.61. The number of benzene rings is 1. The van der Waals surface area contributed by atoms with Gasteiger partial charge in [-0.2, -0.15) is 0 Å². The summed E-state index contributed by atoms with van der Waals surface area (Å²) in [6.45, 7) is 0.571. The summed E-state index contributed by atoms with van der Waals surface area (Å²) in [5, 5.41) is 9.02. The molecule has 1 heterocycles. The third-order valence-electron chi connectivity index (χ3n) is 6.46. The molecule has 30 heavy (non-hydrogen) atoms. The summed E-state index contributed by atoms with van der Waals surface area (Å²) in [6, 6.07) is 3.96. The van der Waals surface area contributed by atoms with E-state index < -0.39 is 12.0 Å². The fraction of sp³-hybridized carbons (Fsp3) is 0.619. The van der Waals surface area contributed by atoms with Crippen LogP contribution in [0.4, 0.5) is 8.78 Å². The highest BCUT2D eigenvalue weighted by molar-refractivity contribution is 6.30. The Morgan fingerprint density at radius 1 is 1.10 bits per heavy atom. The maximum Gasteiger partial charge on any atom is 0.258 e. The van der Waals surface area contributed by atoms with Crippen molar-refractivity contribution in [3.63, 3.8) is 0 Å².